The Bertz CT molecular complexity index is 1460. The number of oxime groups is 1. The molecule has 0 saturated heterocycles. The number of anilines is 1. The van der Waals surface area contributed by atoms with E-state index in [1.807, 2.05) is 18.2 Å². The van der Waals surface area contributed by atoms with Crippen molar-refractivity contribution in [2.45, 2.75) is 79.2 Å². The molecule has 1 aromatic heterocycles. The number of fused-ring (bicyclic) bond motifs is 3. The van der Waals surface area contributed by atoms with Crippen molar-refractivity contribution in [1.82, 2.24) is 4.57 Å². The van der Waals surface area contributed by atoms with Crippen LogP contribution in [0.5, 0.6) is 0 Å². The summed E-state index contributed by atoms with van der Waals surface area (Å²) in [4.78, 5) is 16.8. The zero-order valence-corrected chi connectivity index (χ0v) is 23.7. The van der Waals surface area contributed by atoms with Gasteiger partial charge in [0.25, 0.3) is 0 Å². The molecule has 0 radical (unpaired) electrons. The molecule has 2 N–H and O–H groups in total. The normalized spacial score (nSPS) is 13.3. The fraction of sp³-hybridized carbons (Fsp3) is 0.394. The fourth-order valence-electron chi connectivity index (χ4n) is 5.15. The van der Waals surface area contributed by atoms with Gasteiger partial charge < -0.3 is 15.1 Å². The summed E-state index contributed by atoms with van der Waals surface area (Å²) < 4.78 is 2.44. The maximum Gasteiger partial charge on any atom is 0.332 e. The average Bonchev–Trinajstić information content (AvgIpc) is 3.18. The van der Waals surface area contributed by atoms with Crippen molar-refractivity contribution in [2.24, 2.45) is 11.1 Å². The smallest absolute Gasteiger partial charge is 0.332 e. The topological polar surface area (TPSA) is 69.6 Å². The Labute approximate surface area is 226 Å². The third kappa shape index (κ3) is 5.93. The second kappa shape index (κ2) is 11.4. The van der Waals surface area contributed by atoms with E-state index < -0.39 is 5.97 Å². The average molecular weight is 512 g/mol. The number of unbranched alkanes of at least 4 members (excludes halogenated alkanes) is 1. The van der Waals surface area contributed by atoms with E-state index in [9.17, 15) is 4.79 Å². The van der Waals surface area contributed by atoms with E-state index in [1.54, 1.807) is 0 Å². The van der Waals surface area contributed by atoms with E-state index in [-0.39, 0.29) is 5.41 Å². The number of rotatable bonds is 9. The molecule has 1 unspecified atom stereocenters. The first-order chi connectivity index (χ1) is 18.1. The lowest BCUT2D eigenvalue weighted by molar-refractivity contribution is -0.140. The molecule has 0 bridgehead atoms. The van der Waals surface area contributed by atoms with Gasteiger partial charge in [-0.1, -0.05) is 89.4 Å². The zero-order chi connectivity index (χ0) is 27.4. The number of carbonyl (C=O) groups is 1. The van der Waals surface area contributed by atoms with Gasteiger partial charge in [0.2, 0.25) is 0 Å². The Morgan fingerprint density at radius 1 is 0.947 bits per heavy atom. The molecule has 4 aromatic rings. The lowest BCUT2D eigenvalue weighted by Gasteiger charge is -2.19. The van der Waals surface area contributed by atoms with Gasteiger partial charge in [-0.25, -0.2) is 4.79 Å². The number of nitrogens with two attached hydrogens (primary N) is 1. The van der Waals surface area contributed by atoms with Crippen LogP contribution in [-0.4, -0.2) is 16.2 Å². The predicted octanol–water partition coefficient (Wildman–Crippen LogP) is 8.21. The van der Waals surface area contributed by atoms with Crippen molar-refractivity contribution in [1.29, 1.82) is 0 Å². The summed E-state index contributed by atoms with van der Waals surface area (Å²) in [6.07, 6.45) is 4.84. The first-order valence-electron chi connectivity index (χ1n) is 13.8. The minimum absolute atomic E-state index is 0.0415. The summed E-state index contributed by atoms with van der Waals surface area (Å²) in [7, 11) is 0. The molecule has 3 aromatic carbocycles. The first-order valence-corrected chi connectivity index (χ1v) is 13.8. The first kappa shape index (κ1) is 27.4. The molecule has 38 heavy (non-hydrogen) atoms. The van der Waals surface area contributed by atoms with E-state index in [1.165, 1.54) is 42.8 Å². The highest BCUT2D eigenvalue weighted by Crippen LogP contribution is 2.34. The number of nitrogen functional groups attached to an aromatic ring is 1. The Morgan fingerprint density at radius 3 is 2.18 bits per heavy atom. The van der Waals surface area contributed by atoms with Crippen LogP contribution in [-0.2, 0) is 21.6 Å². The van der Waals surface area contributed by atoms with Crippen LogP contribution >= 0.6 is 0 Å². The second-order valence-corrected chi connectivity index (χ2v) is 11.4. The van der Waals surface area contributed by atoms with Crippen molar-refractivity contribution >= 4 is 39.2 Å². The second-order valence-electron chi connectivity index (χ2n) is 11.4. The predicted molar refractivity (Wildman–Crippen MR) is 160 cm³/mol. The number of aromatic nitrogens is 1. The Kier molecular flexibility index (Phi) is 8.25. The summed E-state index contributed by atoms with van der Waals surface area (Å²) >= 11 is 0. The van der Waals surface area contributed by atoms with Gasteiger partial charge in [-0.15, -0.1) is 0 Å². The summed E-state index contributed by atoms with van der Waals surface area (Å²) in [6, 6.07) is 20.9. The van der Waals surface area contributed by atoms with Gasteiger partial charge in [0.05, 0.1) is 0 Å². The van der Waals surface area contributed by atoms with Crippen LogP contribution in [0.3, 0.4) is 0 Å². The van der Waals surface area contributed by atoms with Crippen molar-refractivity contribution < 1.29 is 9.63 Å². The van der Waals surface area contributed by atoms with Gasteiger partial charge in [-0.2, -0.15) is 0 Å². The molecule has 5 nitrogen and oxygen atoms in total. The minimum atomic E-state index is -0.447. The molecule has 0 fully saturated rings. The Morgan fingerprint density at radius 2 is 1.58 bits per heavy atom. The lowest BCUT2D eigenvalue weighted by atomic mass is 9.86. The molecular weight excluding hydrogens is 470 g/mol. The third-order valence-corrected chi connectivity index (χ3v) is 7.44. The molecule has 1 heterocycles. The molecule has 200 valence electrons. The minimum Gasteiger partial charge on any atom is -0.399 e. The standard InChI is InChI=1S/C33H41N3O2/c1-7-9-10-23(8-2)21-36-30-17-13-25(19-28(30)29-20-27(34)16-18-31(29)36)32(35-38-22(3)37)24-11-14-26(15-12-24)33(4,5)6/h11-20,23H,7-10,21,34H2,1-6H3/b35-32+. The van der Waals surface area contributed by atoms with Crippen LogP contribution < -0.4 is 5.73 Å². The third-order valence-electron chi connectivity index (χ3n) is 7.44. The molecule has 0 aliphatic heterocycles. The van der Waals surface area contributed by atoms with Crippen molar-refractivity contribution in [3.05, 3.63) is 77.4 Å². The maximum absolute atomic E-state index is 11.7. The largest absolute Gasteiger partial charge is 0.399 e. The maximum atomic E-state index is 11.7. The van der Waals surface area contributed by atoms with Gasteiger partial charge in [0.1, 0.15) is 5.71 Å². The number of nitrogens with zero attached hydrogens (tertiary/aromatic N) is 2. The fourth-order valence-corrected chi connectivity index (χ4v) is 5.15. The molecule has 4 rings (SSSR count). The van der Waals surface area contributed by atoms with Crippen LogP contribution in [0, 0.1) is 5.92 Å². The number of carbonyl (C=O) groups excluding carboxylic acids is 1. The van der Waals surface area contributed by atoms with Crippen LogP contribution in [0.2, 0.25) is 0 Å². The molecular formula is C33H41N3O2. The van der Waals surface area contributed by atoms with Gasteiger partial charge in [-0.05, 0) is 53.6 Å². The zero-order valence-electron chi connectivity index (χ0n) is 23.7. The monoisotopic (exact) mass is 511 g/mol. The van der Waals surface area contributed by atoms with E-state index in [0.717, 1.165) is 40.6 Å². The summed E-state index contributed by atoms with van der Waals surface area (Å²) in [5.41, 5.74) is 13.0. The highest BCUT2D eigenvalue weighted by molar-refractivity contribution is 6.17. The highest BCUT2D eigenvalue weighted by atomic mass is 16.7. The van der Waals surface area contributed by atoms with E-state index in [0.29, 0.717) is 11.6 Å². The number of benzene rings is 3. The van der Waals surface area contributed by atoms with Gasteiger partial charge in [0, 0.05) is 52.1 Å². The number of hydrogen-bond donors (Lipinski definition) is 1. The van der Waals surface area contributed by atoms with Crippen LogP contribution in [0.25, 0.3) is 21.8 Å². The van der Waals surface area contributed by atoms with Gasteiger partial charge >= 0.3 is 5.97 Å². The molecule has 1 atom stereocenters. The van der Waals surface area contributed by atoms with E-state index in [2.05, 4.69) is 86.8 Å². The Hall–Kier alpha value is -3.60. The SMILES string of the molecule is CCCCC(CC)Cn1c2ccc(N)cc2c2cc(/C(=N/OC(C)=O)c3ccc(C(C)(C)C)cc3)ccc21. The summed E-state index contributed by atoms with van der Waals surface area (Å²) in [5.74, 6) is 0.172. The molecule has 5 heteroatoms. The van der Waals surface area contributed by atoms with Crippen LogP contribution in [0.1, 0.15) is 83.9 Å². The highest BCUT2D eigenvalue weighted by Gasteiger charge is 2.19. The van der Waals surface area contributed by atoms with Crippen LogP contribution in [0.4, 0.5) is 5.69 Å². The van der Waals surface area contributed by atoms with Crippen molar-refractivity contribution in [3.8, 4) is 0 Å². The summed E-state index contributed by atoms with van der Waals surface area (Å²) in [5, 5.41) is 6.55. The Balaban J connectivity index is 1.86. The van der Waals surface area contributed by atoms with E-state index >= 15 is 0 Å². The molecule has 0 amide bonds. The molecule has 0 aliphatic carbocycles. The van der Waals surface area contributed by atoms with E-state index in [4.69, 9.17) is 10.6 Å². The molecule has 0 spiro atoms. The van der Waals surface area contributed by atoms with Gasteiger partial charge in [0.15, 0.2) is 0 Å². The van der Waals surface area contributed by atoms with Crippen molar-refractivity contribution in [3.63, 3.8) is 0 Å². The lowest BCUT2D eigenvalue weighted by Crippen LogP contribution is -2.12. The van der Waals surface area contributed by atoms with Crippen molar-refractivity contribution in [2.75, 3.05) is 5.73 Å². The van der Waals surface area contributed by atoms with Gasteiger partial charge in [-0.3, -0.25) is 0 Å². The van der Waals surface area contributed by atoms with Crippen LogP contribution in [0.15, 0.2) is 65.8 Å². The summed E-state index contributed by atoms with van der Waals surface area (Å²) in [6.45, 7) is 13.5. The quantitative estimate of drug-likeness (QED) is 0.107. The number of hydrogen-bond acceptors (Lipinski definition) is 4. The molecule has 0 aliphatic rings. The molecule has 0 saturated carbocycles.